The number of carbonyl (C=O) groups excluding carboxylic acids is 3. The average Bonchev–Trinajstić information content (AvgIpc) is 2.32. The Hall–Kier alpha value is -1.75. The van der Waals surface area contributed by atoms with E-state index in [0.717, 1.165) is 4.90 Å². The molecule has 2 aliphatic rings. The van der Waals surface area contributed by atoms with Gasteiger partial charge in [0, 0.05) is 5.03 Å². The molecule has 0 N–H and O–H groups in total. The smallest absolute Gasteiger partial charge is 0.296 e. The summed E-state index contributed by atoms with van der Waals surface area (Å²) in [6.07, 6.45) is 4.79. The van der Waals surface area contributed by atoms with Crippen molar-refractivity contribution in [1.82, 2.24) is 4.90 Å². The van der Waals surface area contributed by atoms with Crippen molar-refractivity contribution in [2.24, 2.45) is 5.92 Å². The standard InChI is InChI=1S/C12H12ClN2O3/c1-7(16)6-15-10-4-3-8(13)5-9(10)11(17)14(2)12(15)18/h3-5,9H,6H2,1-2H3/q+1. The first-order valence-corrected chi connectivity index (χ1v) is 5.80. The minimum atomic E-state index is -0.593. The van der Waals surface area contributed by atoms with Crippen molar-refractivity contribution >= 4 is 35.0 Å². The van der Waals surface area contributed by atoms with Gasteiger partial charge in [0.15, 0.2) is 12.3 Å². The van der Waals surface area contributed by atoms with Crippen LogP contribution in [-0.4, -0.2) is 46.5 Å². The summed E-state index contributed by atoms with van der Waals surface area (Å²) < 4.78 is 1.31. The van der Waals surface area contributed by atoms with Gasteiger partial charge < -0.3 is 0 Å². The van der Waals surface area contributed by atoms with Gasteiger partial charge in [0.25, 0.3) is 0 Å². The van der Waals surface area contributed by atoms with Gasteiger partial charge in [-0.3, -0.25) is 4.79 Å². The Morgan fingerprint density at radius 3 is 2.72 bits per heavy atom. The summed E-state index contributed by atoms with van der Waals surface area (Å²) in [5.41, 5.74) is 0.503. The normalized spacial score (nSPS) is 23.2. The van der Waals surface area contributed by atoms with E-state index in [0.29, 0.717) is 10.7 Å². The van der Waals surface area contributed by atoms with Crippen molar-refractivity contribution in [3.05, 3.63) is 23.3 Å². The first-order chi connectivity index (χ1) is 8.41. The lowest BCUT2D eigenvalue weighted by Crippen LogP contribution is -2.53. The molecule has 0 bridgehead atoms. The maximum Gasteiger partial charge on any atom is 0.501 e. The van der Waals surface area contributed by atoms with Crippen LogP contribution in [-0.2, 0) is 9.59 Å². The summed E-state index contributed by atoms with van der Waals surface area (Å²) in [6.45, 7) is 1.35. The van der Waals surface area contributed by atoms with Crippen LogP contribution in [0.15, 0.2) is 23.3 Å². The summed E-state index contributed by atoms with van der Waals surface area (Å²) in [7, 11) is 1.40. The van der Waals surface area contributed by atoms with Crippen LogP contribution < -0.4 is 0 Å². The topological polar surface area (TPSA) is 57.5 Å². The Morgan fingerprint density at radius 2 is 2.11 bits per heavy atom. The molecule has 0 aromatic heterocycles. The van der Waals surface area contributed by atoms with Gasteiger partial charge in [-0.1, -0.05) is 11.6 Å². The summed E-state index contributed by atoms with van der Waals surface area (Å²) in [6, 6.07) is -0.488. The van der Waals surface area contributed by atoms with Crippen LogP contribution in [0.25, 0.3) is 0 Å². The van der Waals surface area contributed by atoms with E-state index in [9.17, 15) is 14.4 Å². The lowest BCUT2D eigenvalue weighted by Gasteiger charge is -2.24. The number of amides is 3. The Bertz CT molecular complexity index is 546. The van der Waals surface area contributed by atoms with E-state index in [1.165, 1.54) is 18.5 Å². The summed E-state index contributed by atoms with van der Waals surface area (Å²) in [5, 5.41) is 0.447. The molecular weight excluding hydrogens is 256 g/mol. The second kappa shape index (κ2) is 4.49. The largest absolute Gasteiger partial charge is 0.501 e. The molecule has 5 nitrogen and oxygen atoms in total. The Morgan fingerprint density at radius 1 is 1.44 bits per heavy atom. The van der Waals surface area contributed by atoms with Crippen LogP contribution in [0, 0.1) is 5.92 Å². The number of nitrogens with zero attached hydrogens (tertiary/aromatic N) is 2. The maximum atomic E-state index is 12.0. The van der Waals surface area contributed by atoms with Crippen molar-refractivity contribution in [3.63, 3.8) is 0 Å². The zero-order chi connectivity index (χ0) is 13.4. The fourth-order valence-corrected chi connectivity index (χ4v) is 2.19. The van der Waals surface area contributed by atoms with E-state index in [2.05, 4.69) is 0 Å². The van der Waals surface area contributed by atoms with Gasteiger partial charge in [-0.15, -0.1) is 0 Å². The monoisotopic (exact) mass is 267 g/mol. The van der Waals surface area contributed by atoms with Crippen LogP contribution in [0.1, 0.15) is 6.92 Å². The Kier molecular flexibility index (Phi) is 3.17. The SMILES string of the molecule is CC(=O)C[N+]1=C2C=CC(Cl)=CC2C(=O)N(C)C1=O. The molecular formula is C12H12ClN2O3+. The van der Waals surface area contributed by atoms with E-state index >= 15 is 0 Å². The third-order valence-corrected chi connectivity index (χ3v) is 3.12. The molecule has 1 heterocycles. The lowest BCUT2D eigenvalue weighted by atomic mass is 9.94. The number of Topliss-reactive ketones (excluding diaryl/α,β-unsaturated/α-hetero) is 1. The summed E-state index contributed by atoms with van der Waals surface area (Å²) in [5.74, 6) is -1.08. The number of rotatable bonds is 2. The highest BCUT2D eigenvalue weighted by Crippen LogP contribution is 2.23. The first kappa shape index (κ1) is 12.7. The molecule has 0 aromatic carbocycles. The molecule has 0 aromatic rings. The van der Waals surface area contributed by atoms with Gasteiger partial charge in [0.2, 0.25) is 0 Å². The van der Waals surface area contributed by atoms with Gasteiger partial charge >= 0.3 is 11.9 Å². The zero-order valence-corrected chi connectivity index (χ0v) is 10.8. The highest BCUT2D eigenvalue weighted by atomic mass is 35.5. The molecule has 0 spiro atoms. The van der Waals surface area contributed by atoms with Crippen LogP contribution in [0.3, 0.4) is 0 Å². The predicted octanol–water partition coefficient (Wildman–Crippen LogP) is 0.930. The van der Waals surface area contributed by atoms with Crippen LogP contribution in [0.2, 0.25) is 0 Å². The highest BCUT2D eigenvalue weighted by molar-refractivity contribution is 6.33. The molecule has 6 heteroatoms. The van der Waals surface area contributed by atoms with E-state index in [4.69, 9.17) is 11.6 Å². The van der Waals surface area contributed by atoms with Crippen molar-refractivity contribution in [1.29, 1.82) is 0 Å². The number of halogens is 1. The van der Waals surface area contributed by atoms with Gasteiger partial charge in [0.05, 0.1) is 7.05 Å². The van der Waals surface area contributed by atoms with Crippen LogP contribution in [0.5, 0.6) is 0 Å². The molecule has 1 unspecified atom stereocenters. The van der Waals surface area contributed by atoms with E-state index in [1.807, 2.05) is 0 Å². The van der Waals surface area contributed by atoms with Gasteiger partial charge in [-0.2, -0.15) is 14.3 Å². The minimum Gasteiger partial charge on any atom is -0.296 e. The lowest BCUT2D eigenvalue weighted by molar-refractivity contribution is -0.427. The van der Waals surface area contributed by atoms with Crippen molar-refractivity contribution in [3.8, 4) is 0 Å². The first-order valence-electron chi connectivity index (χ1n) is 5.42. The second-order valence-electron chi connectivity index (χ2n) is 4.26. The highest BCUT2D eigenvalue weighted by Gasteiger charge is 2.45. The van der Waals surface area contributed by atoms with E-state index in [1.54, 1.807) is 18.2 Å². The Balaban J connectivity index is 2.55. The fraction of sp³-hybridized carbons (Fsp3) is 0.333. The van der Waals surface area contributed by atoms with E-state index in [-0.39, 0.29) is 18.2 Å². The minimum absolute atomic E-state index is 0.0436. The third-order valence-electron chi connectivity index (χ3n) is 2.86. The fourth-order valence-electron chi connectivity index (χ4n) is 2.00. The molecule has 1 atom stereocenters. The number of ketones is 1. The molecule has 0 saturated heterocycles. The summed E-state index contributed by atoms with van der Waals surface area (Å²) in [4.78, 5) is 36.2. The summed E-state index contributed by atoms with van der Waals surface area (Å²) >= 11 is 5.86. The molecule has 94 valence electrons. The molecule has 18 heavy (non-hydrogen) atoms. The average molecular weight is 268 g/mol. The number of allylic oxidation sites excluding steroid dienone is 3. The number of fused-ring (bicyclic) bond motifs is 1. The predicted molar refractivity (Wildman–Crippen MR) is 65.5 cm³/mol. The molecule has 3 amide bonds. The Labute approximate surface area is 109 Å². The zero-order valence-electron chi connectivity index (χ0n) is 10.0. The number of imide groups is 1. The number of urea groups is 1. The number of hydrogen-bond acceptors (Lipinski definition) is 3. The maximum absolute atomic E-state index is 12.0. The van der Waals surface area contributed by atoms with Crippen molar-refractivity contribution < 1.29 is 19.0 Å². The number of hydrogen-bond donors (Lipinski definition) is 0. The quantitative estimate of drug-likeness (QED) is 0.700. The molecule has 1 aliphatic heterocycles. The van der Waals surface area contributed by atoms with Crippen molar-refractivity contribution in [2.75, 3.05) is 13.6 Å². The molecule has 2 rings (SSSR count). The number of carbonyl (C=O) groups is 3. The van der Waals surface area contributed by atoms with Crippen LogP contribution in [0.4, 0.5) is 4.79 Å². The molecule has 0 fully saturated rings. The third kappa shape index (κ3) is 2.01. The van der Waals surface area contributed by atoms with Gasteiger partial charge in [-0.25, -0.2) is 4.79 Å². The van der Waals surface area contributed by atoms with Gasteiger partial charge in [-0.05, 0) is 25.2 Å². The van der Waals surface area contributed by atoms with Crippen molar-refractivity contribution in [2.45, 2.75) is 6.92 Å². The second-order valence-corrected chi connectivity index (χ2v) is 4.69. The van der Waals surface area contributed by atoms with Gasteiger partial charge in [0.1, 0.15) is 11.6 Å². The van der Waals surface area contributed by atoms with Crippen LogP contribution >= 0.6 is 11.6 Å². The molecule has 0 radical (unpaired) electrons. The molecule has 0 saturated carbocycles. The molecule has 1 aliphatic carbocycles. The van der Waals surface area contributed by atoms with E-state index < -0.39 is 11.9 Å².